The topological polar surface area (TPSA) is 50.4 Å². The van der Waals surface area contributed by atoms with Crippen molar-refractivity contribution in [1.29, 1.82) is 0 Å². The molecule has 21 heavy (non-hydrogen) atoms. The minimum Gasteiger partial charge on any atom is -0.469 e. The first-order chi connectivity index (χ1) is 10.1. The first-order valence-electron chi connectivity index (χ1n) is 6.95. The van der Waals surface area contributed by atoms with Crippen LogP contribution >= 0.6 is 12.2 Å². The Hall–Kier alpha value is -1.69. The van der Waals surface area contributed by atoms with E-state index in [1.54, 1.807) is 12.1 Å². The van der Waals surface area contributed by atoms with E-state index in [0.717, 1.165) is 31.4 Å². The SMILES string of the molecule is COC(=O)CCCCCNC(=S)NCc1ccc(F)cc1. The van der Waals surface area contributed by atoms with Gasteiger partial charge in [0.25, 0.3) is 0 Å². The lowest BCUT2D eigenvalue weighted by Gasteiger charge is -2.10. The second-order valence-corrected chi connectivity index (χ2v) is 5.03. The molecule has 0 heterocycles. The van der Waals surface area contributed by atoms with Crippen molar-refractivity contribution in [2.45, 2.75) is 32.2 Å². The minimum atomic E-state index is -0.244. The van der Waals surface area contributed by atoms with Crippen molar-refractivity contribution in [3.8, 4) is 0 Å². The smallest absolute Gasteiger partial charge is 0.305 e. The largest absolute Gasteiger partial charge is 0.469 e. The second kappa shape index (κ2) is 10.1. The van der Waals surface area contributed by atoms with E-state index >= 15 is 0 Å². The normalized spacial score (nSPS) is 10.0. The van der Waals surface area contributed by atoms with Gasteiger partial charge in [-0.05, 0) is 42.8 Å². The Bertz CT molecular complexity index is 451. The molecule has 0 atom stereocenters. The highest BCUT2D eigenvalue weighted by Gasteiger charge is 2.00. The summed E-state index contributed by atoms with van der Waals surface area (Å²) in [4.78, 5) is 10.9. The van der Waals surface area contributed by atoms with Crippen molar-refractivity contribution in [3.63, 3.8) is 0 Å². The minimum absolute atomic E-state index is 0.167. The Morgan fingerprint density at radius 1 is 1.19 bits per heavy atom. The summed E-state index contributed by atoms with van der Waals surface area (Å²) < 4.78 is 17.3. The summed E-state index contributed by atoms with van der Waals surface area (Å²) in [7, 11) is 1.40. The van der Waals surface area contributed by atoms with Gasteiger partial charge in [0.05, 0.1) is 7.11 Å². The molecule has 1 rings (SSSR count). The summed E-state index contributed by atoms with van der Waals surface area (Å²) >= 11 is 5.15. The van der Waals surface area contributed by atoms with Gasteiger partial charge in [0.1, 0.15) is 5.82 Å². The molecule has 0 saturated heterocycles. The number of methoxy groups -OCH3 is 1. The number of nitrogens with one attached hydrogen (secondary N) is 2. The molecule has 0 aromatic heterocycles. The van der Waals surface area contributed by atoms with E-state index in [0.29, 0.717) is 18.1 Å². The number of ether oxygens (including phenoxy) is 1. The van der Waals surface area contributed by atoms with Gasteiger partial charge in [-0.15, -0.1) is 0 Å². The van der Waals surface area contributed by atoms with Crippen molar-refractivity contribution in [2.75, 3.05) is 13.7 Å². The number of rotatable bonds is 8. The molecule has 0 aliphatic heterocycles. The highest BCUT2D eigenvalue weighted by molar-refractivity contribution is 7.80. The zero-order valence-corrected chi connectivity index (χ0v) is 13.0. The first-order valence-corrected chi connectivity index (χ1v) is 7.35. The van der Waals surface area contributed by atoms with Crippen LogP contribution in [0.4, 0.5) is 4.39 Å². The highest BCUT2D eigenvalue weighted by Crippen LogP contribution is 2.02. The van der Waals surface area contributed by atoms with Gasteiger partial charge in [0.2, 0.25) is 0 Å². The predicted octanol–water partition coefficient (Wildman–Crippen LogP) is 2.52. The van der Waals surface area contributed by atoms with Gasteiger partial charge in [-0.25, -0.2) is 4.39 Å². The molecule has 4 nitrogen and oxygen atoms in total. The van der Waals surface area contributed by atoms with Crippen molar-refractivity contribution >= 4 is 23.3 Å². The maximum Gasteiger partial charge on any atom is 0.305 e. The Balaban J connectivity index is 2.04. The molecule has 2 N–H and O–H groups in total. The van der Waals surface area contributed by atoms with Crippen LogP contribution in [-0.2, 0) is 16.1 Å². The number of halogens is 1. The summed E-state index contributed by atoms with van der Waals surface area (Å²) in [6.07, 6.45) is 3.17. The maximum atomic E-state index is 12.7. The summed E-state index contributed by atoms with van der Waals surface area (Å²) in [6, 6.07) is 6.29. The molecule has 1 aromatic rings. The molecule has 0 fully saturated rings. The highest BCUT2D eigenvalue weighted by atomic mass is 32.1. The van der Waals surface area contributed by atoms with Crippen LogP contribution < -0.4 is 10.6 Å². The lowest BCUT2D eigenvalue weighted by molar-refractivity contribution is -0.140. The van der Waals surface area contributed by atoms with Crippen molar-refractivity contribution < 1.29 is 13.9 Å². The summed E-state index contributed by atoms with van der Waals surface area (Å²) in [6.45, 7) is 1.32. The number of unbranched alkanes of at least 4 members (excludes halogenated alkanes) is 2. The maximum absolute atomic E-state index is 12.7. The van der Waals surface area contributed by atoms with Crippen LogP contribution in [0.25, 0.3) is 0 Å². The van der Waals surface area contributed by atoms with Crippen LogP contribution in [0.2, 0.25) is 0 Å². The van der Waals surface area contributed by atoms with Crippen molar-refractivity contribution in [1.82, 2.24) is 10.6 Å². The molecule has 6 heteroatoms. The summed E-state index contributed by atoms with van der Waals surface area (Å²) in [5.74, 6) is -0.411. The van der Waals surface area contributed by atoms with Gasteiger partial charge < -0.3 is 15.4 Å². The molecule has 0 amide bonds. The van der Waals surface area contributed by atoms with Gasteiger partial charge in [-0.3, -0.25) is 4.79 Å². The molecular formula is C15H21FN2O2S. The van der Waals surface area contributed by atoms with Crippen LogP contribution in [0.1, 0.15) is 31.2 Å². The molecule has 0 aliphatic rings. The predicted molar refractivity (Wildman–Crippen MR) is 84.3 cm³/mol. The zero-order valence-electron chi connectivity index (χ0n) is 12.2. The lowest BCUT2D eigenvalue weighted by atomic mass is 10.2. The molecule has 1 aromatic carbocycles. The van der Waals surface area contributed by atoms with Crippen LogP contribution in [-0.4, -0.2) is 24.7 Å². The molecule has 0 spiro atoms. The monoisotopic (exact) mass is 312 g/mol. The quantitative estimate of drug-likeness (QED) is 0.439. The van der Waals surface area contributed by atoms with Crippen LogP contribution in [0.15, 0.2) is 24.3 Å². The van der Waals surface area contributed by atoms with Gasteiger partial charge >= 0.3 is 5.97 Å². The number of esters is 1. The van der Waals surface area contributed by atoms with E-state index in [1.807, 2.05) is 0 Å². The molecule has 0 bridgehead atoms. The average molecular weight is 312 g/mol. The molecule has 0 unspecified atom stereocenters. The molecular weight excluding hydrogens is 291 g/mol. The number of hydrogen-bond donors (Lipinski definition) is 2. The molecule has 116 valence electrons. The third kappa shape index (κ3) is 8.24. The fraction of sp³-hybridized carbons (Fsp3) is 0.467. The third-order valence-electron chi connectivity index (χ3n) is 2.94. The Morgan fingerprint density at radius 2 is 1.90 bits per heavy atom. The average Bonchev–Trinajstić information content (AvgIpc) is 2.49. The number of carbonyl (C=O) groups excluding carboxylic acids is 1. The van der Waals surface area contributed by atoms with E-state index in [4.69, 9.17) is 12.2 Å². The lowest BCUT2D eigenvalue weighted by Crippen LogP contribution is -2.35. The van der Waals surface area contributed by atoms with E-state index in [2.05, 4.69) is 15.4 Å². The first kappa shape index (κ1) is 17.4. The van der Waals surface area contributed by atoms with Crippen LogP contribution in [0.3, 0.4) is 0 Å². The summed E-state index contributed by atoms with van der Waals surface area (Å²) in [5, 5.41) is 6.73. The van der Waals surface area contributed by atoms with Crippen molar-refractivity contribution in [2.24, 2.45) is 0 Å². The molecule has 0 aliphatic carbocycles. The fourth-order valence-corrected chi connectivity index (χ4v) is 1.90. The second-order valence-electron chi connectivity index (χ2n) is 4.62. The van der Waals surface area contributed by atoms with E-state index in [1.165, 1.54) is 19.2 Å². The van der Waals surface area contributed by atoms with Gasteiger partial charge in [0.15, 0.2) is 5.11 Å². The number of thiocarbonyl (C=S) groups is 1. The van der Waals surface area contributed by atoms with Crippen molar-refractivity contribution in [3.05, 3.63) is 35.6 Å². The van der Waals surface area contributed by atoms with E-state index in [-0.39, 0.29) is 11.8 Å². The standard InChI is InChI=1S/C15H21FN2O2S/c1-20-14(19)5-3-2-4-10-17-15(21)18-11-12-6-8-13(16)9-7-12/h6-9H,2-5,10-11H2,1H3,(H2,17,18,21). The summed E-state index contributed by atoms with van der Waals surface area (Å²) in [5.41, 5.74) is 0.971. The molecule has 0 saturated carbocycles. The number of hydrogen-bond acceptors (Lipinski definition) is 3. The van der Waals surface area contributed by atoms with Gasteiger partial charge in [-0.1, -0.05) is 18.6 Å². The van der Waals surface area contributed by atoms with Gasteiger partial charge in [0, 0.05) is 19.5 Å². The third-order valence-corrected chi connectivity index (χ3v) is 3.23. The van der Waals surface area contributed by atoms with E-state index < -0.39 is 0 Å². The van der Waals surface area contributed by atoms with E-state index in [9.17, 15) is 9.18 Å². The van der Waals surface area contributed by atoms with Gasteiger partial charge in [-0.2, -0.15) is 0 Å². The van der Waals surface area contributed by atoms with Crippen LogP contribution in [0, 0.1) is 5.82 Å². The Kier molecular flexibility index (Phi) is 8.35. The number of benzene rings is 1. The molecule has 0 radical (unpaired) electrons. The Morgan fingerprint density at radius 3 is 2.57 bits per heavy atom. The van der Waals surface area contributed by atoms with Crippen LogP contribution in [0.5, 0.6) is 0 Å². The Labute approximate surface area is 130 Å². The zero-order chi connectivity index (χ0) is 15.5. The fourth-order valence-electron chi connectivity index (χ4n) is 1.72. The number of carbonyl (C=O) groups is 1.